The van der Waals surface area contributed by atoms with Gasteiger partial charge >= 0.3 is 5.97 Å². The molecular weight excluding hydrogens is 281 g/mol. The van der Waals surface area contributed by atoms with Crippen molar-refractivity contribution in [1.82, 2.24) is 5.32 Å². The van der Waals surface area contributed by atoms with Crippen molar-refractivity contribution >= 4 is 33.5 Å². The van der Waals surface area contributed by atoms with Gasteiger partial charge in [-0.1, -0.05) is 27.5 Å². The van der Waals surface area contributed by atoms with Crippen molar-refractivity contribution in [2.75, 3.05) is 13.7 Å². The summed E-state index contributed by atoms with van der Waals surface area (Å²) in [6.45, 7) is 0.773. The number of hydrogen-bond acceptors (Lipinski definition) is 3. The lowest BCUT2D eigenvalue weighted by atomic mass is 10.2. The number of methoxy groups -OCH3 is 1. The monoisotopic (exact) mass is 291 g/mol. The average Bonchev–Trinajstić information content (AvgIpc) is 2.16. The van der Waals surface area contributed by atoms with Crippen LogP contribution in [0.1, 0.15) is 5.56 Å². The third-order valence-corrected chi connectivity index (χ3v) is 2.42. The molecule has 82 valence electrons. The van der Waals surface area contributed by atoms with Crippen molar-refractivity contribution in [2.24, 2.45) is 0 Å². The largest absolute Gasteiger partial charge is 0.468 e. The van der Waals surface area contributed by atoms with Crippen molar-refractivity contribution < 1.29 is 9.53 Å². The van der Waals surface area contributed by atoms with E-state index < -0.39 is 0 Å². The number of rotatable bonds is 4. The Morgan fingerprint density at radius 3 is 2.87 bits per heavy atom. The summed E-state index contributed by atoms with van der Waals surface area (Å²) in [5.41, 5.74) is 1.01. The number of nitrogens with one attached hydrogen (secondary N) is 1. The summed E-state index contributed by atoms with van der Waals surface area (Å²) >= 11 is 9.21. The van der Waals surface area contributed by atoms with Crippen molar-refractivity contribution in [3.05, 3.63) is 33.3 Å². The summed E-state index contributed by atoms with van der Waals surface area (Å²) in [5.74, 6) is -0.281. The molecule has 1 rings (SSSR count). The van der Waals surface area contributed by atoms with Crippen LogP contribution in [0, 0.1) is 0 Å². The maximum Gasteiger partial charge on any atom is 0.319 e. The molecule has 0 unspecified atom stereocenters. The molecule has 3 nitrogen and oxygen atoms in total. The fourth-order valence-electron chi connectivity index (χ4n) is 1.09. The minimum Gasteiger partial charge on any atom is -0.468 e. The van der Waals surface area contributed by atoms with Gasteiger partial charge in [0.2, 0.25) is 0 Å². The second-order valence-corrected chi connectivity index (χ2v) is 4.31. The summed E-state index contributed by atoms with van der Waals surface area (Å²) in [5, 5.41) is 3.62. The summed E-state index contributed by atoms with van der Waals surface area (Å²) in [6.07, 6.45) is 0. The van der Waals surface area contributed by atoms with Crippen LogP contribution in [0.25, 0.3) is 0 Å². The van der Waals surface area contributed by atoms with Crippen LogP contribution >= 0.6 is 27.5 Å². The molecule has 1 N–H and O–H groups in total. The number of hydrogen-bond donors (Lipinski definition) is 1. The summed E-state index contributed by atoms with van der Waals surface area (Å²) < 4.78 is 5.42. The van der Waals surface area contributed by atoms with Gasteiger partial charge in [0.25, 0.3) is 0 Å². The van der Waals surface area contributed by atoms with E-state index in [1.54, 1.807) is 0 Å². The van der Waals surface area contributed by atoms with Gasteiger partial charge in [-0.2, -0.15) is 0 Å². The average molecular weight is 293 g/mol. The third kappa shape index (κ3) is 4.64. The molecule has 0 bridgehead atoms. The number of halogens is 2. The van der Waals surface area contributed by atoms with Gasteiger partial charge in [-0.3, -0.25) is 4.79 Å². The van der Waals surface area contributed by atoms with Gasteiger partial charge in [-0.15, -0.1) is 0 Å². The van der Waals surface area contributed by atoms with Crippen molar-refractivity contribution in [1.29, 1.82) is 0 Å². The Morgan fingerprint density at radius 1 is 1.53 bits per heavy atom. The molecule has 0 aromatic heterocycles. The van der Waals surface area contributed by atoms with Crippen LogP contribution in [0.4, 0.5) is 0 Å². The lowest BCUT2D eigenvalue weighted by Crippen LogP contribution is -2.23. The third-order valence-electron chi connectivity index (χ3n) is 1.75. The first-order valence-electron chi connectivity index (χ1n) is 4.34. The van der Waals surface area contributed by atoms with Crippen LogP contribution in [0.15, 0.2) is 22.7 Å². The van der Waals surface area contributed by atoms with Crippen LogP contribution in [-0.2, 0) is 16.1 Å². The Labute approximate surface area is 102 Å². The Kier molecular flexibility index (Phi) is 5.08. The number of carbonyl (C=O) groups is 1. The van der Waals surface area contributed by atoms with E-state index in [2.05, 4.69) is 26.0 Å². The second kappa shape index (κ2) is 6.10. The van der Waals surface area contributed by atoms with Crippen LogP contribution in [0.3, 0.4) is 0 Å². The molecular formula is C10H11BrClNO2. The fourth-order valence-corrected chi connectivity index (χ4v) is 2.02. The number of benzene rings is 1. The Hall–Kier alpha value is -0.580. The van der Waals surface area contributed by atoms with Gasteiger partial charge in [0, 0.05) is 16.0 Å². The molecule has 0 aliphatic rings. The number of carbonyl (C=O) groups excluding carboxylic acids is 1. The standard InChI is InChI=1S/C10H11BrClNO2/c1-15-10(14)6-13-5-7-2-8(11)4-9(12)3-7/h2-4,13H,5-6H2,1H3. The van der Waals surface area contributed by atoms with Crippen molar-refractivity contribution in [3.8, 4) is 0 Å². The van der Waals surface area contributed by atoms with Crippen molar-refractivity contribution in [3.63, 3.8) is 0 Å². The molecule has 0 heterocycles. The van der Waals surface area contributed by atoms with Crippen molar-refractivity contribution in [2.45, 2.75) is 6.54 Å². The summed E-state index contributed by atoms with van der Waals surface area (Å²) in [6, 6.07) is 5.60. The zero-order valence-electron chi connectivity index (χ0n) is 8.22. The highest BCUT2D eigenvalue weighted by molar-refractivity contribution is 9.10. The van der Waals surface area contributed by atoms with E-state index in [0.29, 0.717) is 11.6 Å². The van der Waals surface area contributed by atoms with Gasteiger partial charge in [0.15, 0.2) is 0 Å². The first-order chi connectivity index (χ1) is 7.11. The smallest absolute Gasteiger partial charge is 0.319 e. The molecule has 0 spiro atoms. The Morgan fingerprint density at radius 2 is 2.27 bits per heavy atom. The summed E-state index contributed by atoms with van der Waals surface area (Å²) in [7, 11) is 1.36. The number of ether oxygens (including phenoxy) is 1. The molecule has 5 heteroatoms. The molecule has 1 aromatic rings. The zero-order chi connectivity index (χ0) is 11.3. The van der Waals surface area contributed by atoms with Gasteiger partial charge in [0.05, 0.1) is 13.7 Å². The lowest BCUT2D eigenvalue weighted by Gasteiger charge is -2.04. The van der Waals surface area contributed by atoms with E-state index in [1.165, 1.54) is 7.11 Å². The Bertz CT molecular complexity index is 337. The minimum absolute atomic E-state index is 0.195. The predicted octanol–water partition coefficient (Wildman–Crippen LogP) is 2.37. The van der Waals surface area contributed by atoms with E-state index in [1.807, 2.05) is 18.2 Å². The minimum atomic E-state index is -0.281. The highest BCUT2D eigenvalue weighted by Crippen LogP contribution is 2.19. The molecule has 0 fully saturated rings. The van der Waals surface area contributed by atoms with Gasteiger partial charge < -0.3 is 10.1 Å². The molecule has 15 heavy (non-hydrogen) atoms. The molecule has 0 amide bonds. The maximum atomic E-state index is 10.8. The normalized spacial score (nSPS) is 10.1. The molecule has 0 radical (unpaired) electrons. The van der Waals surface area contributed by atoms with E-state index in [-0.39, 0.29) is 12.5 Å². The Balaban J connectivity index is 2.47. The quantitative estimate of drug-likeness (QED) is 0.866. The topological polar surface area (TPSA) is 38.3 Å². The van der Waals surface area contributed by atoms with Gasteiger partial charge in [-0.25, -0.2) is 0 Å². The molecule has 0 aliphatic carbocycles. The second-order valence-electron chi connectivity index (χ2n) is 2.96. The molecule has 0 aliphatic heterocycles. The highest BCUT2D eigenvalue weighted by atomic mass is 79.9. The van der Waals surface area contributed by atoms with E-state index in [9.17, 15) is 4.79 Å². The number of esters is 1. The maximum absolute atomic E-state index is 10.8. The lowest BCUT2D eigenvalue weighted by molar-refractivity contribution is -0.139. The summed E-state index contributed by atoms with van der Waals surface area (Å²) in [4.78, 5) is 10.8. The zero-order valence-corrected chi connectivity index (χ0v) is 10.6. The molecule has 0 saturated carbocycles. The first kappa shape index (κ1) is 12.5. The fraction of sp³-hybridized carbons (Fsp3) is 0.300. The van der Waals surface area contributed by atoms with Crippen LogP contribution in [0.5, 0.6) is 0 Å². The first-order valence-corrected chi connectivity index (χ1v) is 5.51. The molecule has 1 aromatic carbocycles. The van der Waals surface area contributed by atoms with E-state index >= 15 is 0 Å². The van der Waals surface area contributed by atoms with Gasteiger partial charge in [0.1, 0.15) is 0 Å². The van der Waals surface area contributed by atoms with E-state index in [0.717, 1.165) is 10.0 Å². The van der Waals surface area contributed by atoms with Crippen LogP contribution in [0.2, 0.25) is 5.02 Å². The highest BCUT2D eigenvalue weighted by Gasteiger charge is 2.01. The van der Waals surface area contributed by atoms with Gasteiger partial charge in [-0.05, 0) is 23.8 Å². The van der Waals surface area contributed by atoms with Crippen LogP contribution < -0.4 is 5.32 Å². The SMILES string of the molecule is COC(=O)CNCc1cc(Cl)cc(Br)c1. The molecule has 0 saturated heterocycles. The van der Waals surface area contributed by atoms with Crippen LogP contribution in [-0.4, -0.2) is 19.6 Å². The van der Waals surface area contributed by atoms with E-state index in [4.69, 9.17) is 11.6 Å². The molecule has 0 atom stereocenters. The predicted molar refractivity (Wildman–Crippen MR) is 62.9 cm³/mol.